The molecule has 0 amide bonds. The van der Waals surface area contributed by atoms with Gasteiger partial charge in [0.05, 0.1) is 4.75 Å². The Morgan fingerprint density at radius 3 is 2.44 bits per heavy atom. The molecule has 2 aliphatic carbocycles. The lowest BCUT2D eigenvalue weighted by atomic mass is 9.73. The molecule has 0 saturated heterocycles. The summed E-state index contributed by atoms with van der Waals surface area (Å²) in [4.78, 5) is 0. The van der Waals surface area contributed by atoms with Gasteiger partial charge in [0.25, 0.3) is 0 Å². The highest BCUT2D eigenvalue weighted by molar-refractivity contribution is 7.98. The van der Waals surface area contributed by atoms with Crippen LogP contribution in [0.5, 0.6) is 0 Å². The SMILES string of the molecule is C=C1C(C)(C)[C@@H]2CC[C@@]1(SN(CC)CC)C2. The summed E-state index contributed by atoms with van der Waals surface area (Å²) in [6.45, 7) is 16.0. The van der Waals surface area contributed by atoms with E-state index in [1.807, 2.05) is 0 Å². The van der Waals surface area contributed by atoms with Crippen LogP contribution in [0.3, 0.4) is 0 Å². The molecule has 2 bridgehead atoms. The van der Waals surface area contributed by atoms with Crippen LogP contribution < -0.4 is 0 Å². The van der Waals surface area contributed by atoms with Gasteiger partial charge in [-0.3, -0.25) is 4.31 Å². The van der Waals surface area contributed by atoms with E-state index in [2.05, 4.69) is 50.5 Å². The van der Waals surface area contributed by atoms with Crippen LogP contribution in [0.1, 0.15) is 47.0 Å². The molecule has 16 heavy (non-hydrogen) atoms. The van der Waals surface area contributed by atoms with Gasteiger partial charge in [0.2, 0.25) is 0 Å². The fourth-order valence-electron chi connectivity index (χ4n) is 3.47. The third kappa shape index (κ3) is 1.65. The summed E-state index contributed by atoms with van der Waals surface area (Å²) >= 11 is 2.09. The van der Waals surface area contributed by atoms with Gasteiger partial charge in [-0.2, -0.15) is 0 Å². The molecule has 0 radical (unpaired) electrons. The molecule has 2 fully saturated rings. The van der Waals surface area contributed by atoms with Crippen LogP contribution in [-0.4, -0.2) is 22.1 Å². The monoisotopic (exact) mass is 239 g/mol. The maximum atomic E-state index is 4.44. The predicted octanol–water partition coefficient (Wildman–Crippen LogP) is 4.11. The standard InChI is InChI=1S/C14H25NS/c1-6-15(7-2)16-14-9-8-12(10-14)13(4,5)11(14)3/h12H,3,6-10H2,1-2,4-5H3/t12-,14-/m1/s1. The molecule has 2 atom stereocenters. The average Bonchev–Trinajstić information content (AvgIpc) is 2.76. The van der Waals surface area contributed by atoms with E-state index < -0.39 is 0 Å². The van der Waals surface area contributed by atoms with Gasteiger partial charge < -0.3 is 0 Å². The van der Waals surface area contributed by atoms with Crippen LogP contribution in [0, 0.1) is 11.3 Å². The molecular formula is C14H25NS. The van der Waals surface area contributed by atoms with Crippen molar-refractivity contribution in [3.8, 4) is 0 Å². The van der Waals surface area contributed by atoms with Gasteiger partial charge in [0.15, 0.2) is 0 Å². The lowest BCUT2D eigenvalue weighted by Crippen LogP contribution is -2.33. The van der Waals surface area contributed by atoms with Crippen molar-refractivity contribution >= 4 is 11.9 Å². The van der Waals surface area contributed by atoms with Crippen molar-refractivity contribution in [1.82, 2.24) is 4.31 Å². The molecule has 0 unspecified atom stereocenters. The zero-order chi connectivity index (χ0) is 12.0. The normalized spacial score (nSPS) is 36.3. The zero-order valence-corrected chi connectivity index (χ0v) is 12.0. The van der Waals surface area contributed by atoms with Gasteiger partial charge in [-0.15, -0.1) is 0 Å². The second-order valence-corrected chi connectivity index (χ2v) is 7.32. The number of rotatable bonds is 4. The second kappa shape index (κ2) is 4.06. The maximum Gasteiger partial charge on any atom is 0.0521 e. The van der Waals surface area contributed by atoms with Crippen molar-refractivity contribution in [2.24, 2.45) is 11.3 Å². The maximum absolute atomic E-state index is 4.44. The van der Waals surface area contributed by atoms with Crippen molar-refractivity contribution in [1.29, 1.82) is 0 Å². The number of nitrogens with zero attached hydrogens (tertiary/aromatic N) is 1. The molecule has 2 saturated carbocycles. The average molecular weight is 239 g/mol. The van der Waals surface area contributed by atoms with Crippen LogP contribution in [-0.2, 0) is 0 Å². The Hall–Kier alpha value is 0.0500. The zero-order valence-electron chi connectivity index (χ0n) is 11.2. The molecule has 2 aliphatic rings. The highest BCUT2D eigenvalue weighted by atomic mass is 32.2. The first-order chi connectivity index (χ1) is 7.46. The fraction of sp³-hybridized carbons (Fsp3) is 0.857. The van der Waals surface area contributed by atoms with Gasteiger partial charge >= 0.3 is 0 Å². The molecule has 0 aromatic heterocycles. The van der Waals surface area contributed by atoms with E-state index in [1.165, 1.54) is 24.8 Å². The first-order valence-corrected chi connectivity index (χ1v) is 7.37. The van der Waals surface area contributed by atoms with Crippen LogP contribution in [0.4, 0.5) is 0 Å². The molecule has 0 spiro atoms. The third-order valence-corrected chi connectivity index (χ3v) is 6.57. The van der Waals surface area contributed by atoms with Gasteiger partial charge in [0, 0.05) is 13.1 Å². The van der Waals surface area contributed by atoms with E-state index in [-0.39, 0.29) is 0 Å². The Balaban J connectivity index is 2.17. The molecular weight excluding hydrogens is 214 g/mol. The van der Waals surface area contributed by atoms with E-state index in [9.17, 15) is 0 Å². The summed E-state index contributed by atoms with van der Waals surface area (Å²) in [5.41, 5.74) is 1.88. The third-order valence-electron chi connectivity index (χ3n) is 4.83. The Morgan fingerprint density at radius 2 is 2.00 bits per heavy atom. The lowest BCUT2D eigenvalue weighted by molar-refractivity contribution is 0.290. The predicted molar refractivity (Wildman–Crippen MR) is 73.5 cm³/mol. The molecule has 2 rings (SSSR count). The van der Waals surface area contributed by atoms with Crippen molar-refractivity contribution < 1.29 is 0 Å². The molecule has 92 valence electrons. The minimum atomic E-state index is 0.373. The highest BCUT2D eigenvalue weighted by Gasteiger charge is 2.58. The van der Waals surface area contributed by atoms with E-state index in [0.29, 0.717) is 10.2 Å². The molecule has 1 nitrogen and oxygen atoms in total. The summed E-state index contributed by atoms with van der Waals surface area (Å²) in [5, 5.41) is 0. The Labute approximate surface area is 105 Å². The van der Waals surface area contributed by atoms with Gasteiger partial charge in [-0.25, -0.2) is 0 Å². The highest BCUT2D eigenvalue weighted by Crippen LogP contribution is 2.66. The van der Waals surface area contributed by atoms with E-state index in [1.54, 1.807) is 0 Å². The van der Waals surface area contributed by atoms with E-state index in [4.69, 9.17) is 0 Å². The van der Waals surface area contributed by atoms with Crippen molar-refractivity contribution in [3.05, 3.63) is 12.2 Å². The summed E-state index contributed by atoms with van der Waals surface area (Å²) < 4.78 is 2.87. The van der Waals surface area contributed by atoms with Crippen molar-refractivity contribution in [3.63, 3.8) is 0 Å². The van der Waals surface area contributed by atoms with Crippen LogP contribution in [0.25, 0.3) is 0 Å². The largest absolute Gasteiger partial charge is 0.250 e. The minimum absolute atomic E-state index is 0.373. The summed E-state index contributed by atoms with van der Waals surface area (Å²) in [7, 11) is 0. The lowest BCUT2D eigenvalue weighted by Gasteiger charge is -2.39. The fourth-order valence-corrected chi connectivity index (χ4v) is 5.08. The Morgan fingerprint density at radius 1 is 1.38 bits per heavy atom. The Bertz CT molecular complexity index is 293. The number of hydrogen-bond acceptors (Lipinski definition) is 2. The van der Waals surface area contributed by atoms with Gasteiger partial charge in [0.1, 0.15) is 0 Å². The molecule has 0 aromatic carbocycles. The molecule has 0 heterocycles. The molecule has 0 aliphatic heterocycles. The van der Waals surface area contributed by atoms with Crippen LogP contribution in [0.2, 0.25) is 0 Å². The number of fused-ring (bicyclic) bond motifs is 2. The topological polar surface area (TPSA) is 3.24 Å². The van der Waals surface area contributed by atoms with E-state index >= 15 is 0 Å². The second-order valence-electron chi connectivity index (χ2n) is 5.84. The van der Waals surface area contributed by atoms with Crippen LogP contribution in [0.15, 0.2) is 12.2 Å². The van der Waals surface area contributed by atoms with E-state index in [0.717, 1.165) is 19.0 Å². The first kappa shape index (κ1) is 12.5. The van der Waals surface area contributed by atoms with Crippen LogP contribution >= 0.6 is 11.9 Å². The molecule has 0 N–H and O–H groups in total. The van der Waals surface area contributed by atoms with Gasteiger partial charge in [-0.05, 0) is 30.6 Å². The molecule has 2 heteroatoms. The summed E-state index contributed by atoms with van der Waals surface area (Å²) in [6.07, 6.45) is 4.11. The minimum Gasteiger partial charge on any atom is -0.250 e. The van der Waals surface area contributed by atoms with Gasteiger partial charge in [-0.1, -0.05) is 51.8 Å². The van der Waals surface area contributed by atoms with Crippen molar-refractivity contribution in [2.45, 2.75) is 51.7 Å². The number of hydrogen-bond donors (Lipinski definition) is 0. The summed E-state index contributed by atoms with van der Waals surface area (Å²) in [5.74, 6) is 0.878. The molecule has 0 aromatic rings. The summed E-state index contributed by atoms with van der Waals surface area (Å²) in [6, 6.07) is 0. The quantitative estimate of drug-likeness (QED) is 0.536. The Kier molecular flexibility index (Phi) is 3.17. The van der Waals surface area contributed by atoms with Crippen molar-refractivity contribution in [2.75, 3.05) is 13.1 Å². The smallest absolute Gasteiger partial charge is 0.0521 e. The first-order valence-electron chi connectivity index (χ1n) is 6.60.